The molecular formula is C21H34O4. The van der Waals surface area contributed by atoms with Gasteiger partial charge in [0, 0.05) is 0 Å². The van der Waals surface area contributed by atoms with Gasteiger partial charge in [-0.2, -0.15) is 0 Å². The van der Waals surface area contributed by atoms with Crippen LogP contribution in [0.15, 0.2) is 22.8 Å². The molecule has 4 heteroatoms. The topological polar surface area (TPSA) is 52.6 Å². The zero-order chi connectivity index (χ0) is 19.0. The van der Waals surface area contributed by atoms with E-state index in [1.165, 1.54) is 30.4 Å². The van der Waals surface area contributed by atoms with Crippen LogP contribution in [0.25, 0.3) is 0 Å². The molecule has 0 aromatic heterocycles. The number of carbonyl (C=O) groups is 2. The summed E-state index contributed by atoms with van der Waals surface area (Å²) < 4.78 is 10.00. The minimum atomic E-state index is -0.596. The lowest BCUT2D eigenvalue weighted by Crippen LogP contribution is -2.21. The summed E-state index contributed by atoms with van der Waals surface area (Å²) in [6, 6.07) is 0. The van der Waals surface area contributed by atoms with Crippen molar-refractivity contribution in [2.75, 3.05) is 13.2 Å². The Labute approximate surface area is 152 Å². The summed E-state index contributed by atoms with van der Waals surface area (Å²) in [5.74, 6) is -1.09. The van der Waals surface area contributed by atoms with Crippen molar-refractivity contribution in [3.63, 3.8) is 0 Å². The lowest BCUT2D eigenvalue weighted by atomic mass is 9.71. The van der Waals surface area contributed by atoms with E-state index in [9.17, 15) is 9.59 Å². The molecule has 0 aromatic rings. The zero-order valence-corrected chi connectivity index (χ0v) is 16.7. The second-order valence-corrected chi connectivity index (χ2v) is 7.53. The summed E-state index contributed by atoms with van der Waals surface area (Å²) in [6.07, 6.45) is 7.27. The van der Waals surface area contributed by atoms with E-state index in [0.717, 1.165) is 12.8 Å². The Balaban J connectivity index is 2.84. The lowest BCUT2D eigenvalue weighted by Gasteiger charge is -2.35. The van der Waals surface area contributed by atoms with E-state index >= 15 is 0 Å². The van der Waals surface area contributed by atoms with Crippen LogP contribution in [0.1, 0.15) is 73.6 Å². The molecule has 0 amide bonds. The van der Waals surface area contributed by atoms with Crippen molar-refractivity contribution in [2.24, 2.45) is 11.3 Å². The smallest absolute Gasteiger partial charge is 0.345 e. The van der Waals surface area contributed by atoms with Crippen LogP contribution in [-0.4, -0.2) is 25.2 Å². The van der Waals surface area contributed by atoms with E-state index in [1.54, 1.807) is 19.9 Å². The minimum Gasteiger partial charge on any atom is -0.462 e. The van der Waals surface area contributed by atoms with Crippen LogP contribution in [0.4, 0.5) is 0 Å². The first-order valence-corrected chi connectivity index (χ1v) is 9.48. The molecule has 1 aliphatic rings. The Hall–Kier alpha value is -1.58. The van der Waals surface area contributed by atoms with Crippen LogP contribution in [0.3, 0.4) is 0 Å². The fourth-order valence-corrected chi connectivity index (χ4v) is 3.60. The van der Waals surface area contributed by atoms with E-state index in [-0.39, 0.29) is 30.1 Å². The van der Waals surface area contributed by atoms with Gasteiger partial charge in [0.05, 0.1) is 13.2 Å². The van der Waals surface area contributed by atoms with Gasteiger partial charge in [-0.3, -0.25) is 0 Å². The van der Waals surface area contributed by atoms with Gasteiger partial charge in [-0.15, -0.1) is 0 Å². The highest BCUT2D eigenvalue weighted by Crippen LogP contribution is 2.42. The number of allylic oxidation sites excluding steroid dienone is 3. The molecule has 0 aromatic carbocycles. The molecule has 0 spiro atoms. The average Bonchev–Trinajstić information content (AvgIpc) is 2.51. The van der Waals surface area contributed by atoms with E-state index < -0.39 is 11.9 Å². The average molecular weight is 350 g/mol. The molecule has 142 valence electrons. The SMILES string of the molecule is CCOC(=O)C(=CC(C)CCC1=C(C)CCCC1(C)C)C(=O)OCC. The van der Waals surface area contributed by atoms with Crippen LogP contribution >= 0.6 is 0 Å². The highest BCUT2D eigenvalue weighted by atomic mass is 16.6. The molecule has 0 saturated carbocycles. The molecule has 0 heterocycles. The predicted octanol–water partition coefficient (Wildman–Crippen LogP) is 4.98. The summed E-state index contributed by atoms with van der Waals surface area (Å²) in [5, 5.41) is 0. The van der Waals surface area contributed by atoms with E-state index in [4.69, 9.17) is 9.47 Å². The summed E-state index contributed by atoms with van der Waals surface area (Å²) >= 11 is 0. The predicted molar refractivity (Wildman–Crippen MR) is 100 cm³/mol. The minimum absolute atomic E-state index is 0.0183. The monoisotopic (exact) mass is 350 g/mol. The maximum Gasteiger partial charge on any atom is 0.345 e. The zero-order valence-electron chi connectivity index (χ0n) is 16.7. The van der Waals surface area contributed by atoms with Gasteiger partial charge in [0.2, 0.25) is 0 Å². The van der Waals surface area contributed by atoms with Crippen molar-refractivity contribution in [2.45, 2.75) is 73.6 Å². The standard InChI is InChI=1S/C21H34O4/c1-7-24-19(22)17(20(23)25-8-2)14-15(3)11-12-18-16(4)10-9-13-21(18,5)6/h14-15H,7-13H2,1-6H3. The molecule has 1 unspecified atom stereocenters. The molecule has 0 aliphatic heterocycles. The Morgan fingerprint density at radius 3 is 2.20 bits per heavy atom. The maximum absolute atomic E-state index is 12.1. The molecule has 0 N–H and O–H groups in total. The first-order valence-electron chi connectivity index (χ1n) is 9.48. The van der Waals surface area contributed by atoms with E-state index in [0.29, 0.717) is 0 Å². The third kappa shape index (κ3) is 6.33. The number of hydrogen-bond donors (Lipinski definition) is 0. The van der Waals surface area contributed by atoms with Gasteiger partial charge in [0.15, 0.2) is 0 Å². The summed E-state index contributed by atoms with van der Waals surface area (Å²) in [4.78, 5) is 24.1. The van der Waals surface area contributed by atoms with Gasteiger partial charge in [-0.05, 0) is 64.2 Å². The van der Waals surface area contributed by atoms with Crippen molar-refractivity contribution in [3.8, 4) is 0 Å². The Bertz CT molecular complexity index is 520. The molecular weight excluding hydrogens is 316 g/mol. The van der Waals surface area contributed by atoms with Crippen LogP contribution in [0.5, 0.6) is 0 Å². The molecule has 1 rings (SSSR count). The summed E-state index contributed by atoms with van der Waals surface area (Å²) in [5.41, 5.74) is 3.30. The van der Waals surface area contributed by atoms with Crippen LogP contribution in [-0.2, 0) is 19.1 Å². The van der Waals surface area contributed by atoms with Crippen LogP contribution in [0, 0.1) is 11.3 Å². The third-order valence-electron chi connectivity index (χ3n) is 4.98. The van der Waals surface area contributed by atoms with Crippen molar-refractivity contribution >= 4 is 11.9 Å². The van der Waals surface area contributed by atoms with E-state index in [2.05, 4.69) is 20.8 Å². The van der Waals surface area contributed by atoms with Gasteiger partial charge in [0.25, 0.3) is 0 Å². The molecule has 25 heavy (non-hydrogen) atoms. The second kappa shape index (κ2) is 9.79. The quantitative estimate of drug-likeness (QED) is 0.204. The number of esters is 2. The van der Waals surface area contributed by atoms with Crippen molar-refractivity contribution in [1.82, 2.24) is 0 Å². The molecule has 1 aliphatic carbocycles. The largest absolute Gasteiger partial charge is 0.462 e. The number of carbonyl (C=O) groups excluding carboxylic acids is 2. The Morgan fingerprint density at radius 2 is 1.72 bits per heavy atom. The molecule has 1 atom stereocenters. The van der Waals surface area contributed by atoms with Crippen molar-refractivity contribution in [3.05, 3.63) is 22.8 Å². The number of hydrogen-bond acceptors (Lipinski definition) is 4. The fraction of sp³-hybridized carbons (Fsp3) is 0.714. The number of rotatable bonds is 8. The lowest BCUT2D eigenvalue weighted by molar-refractivity contribution is -0.146. The normalized spacial score (nSPS) is 17.7. The van der Waals surface area contributed by atoms with Crippen molar-refractivity contribution in [1.29, 1.82) is 0 Å². The van der Waals surface area contributed by atoms with Gasteiger partial charge in [-0.25, -0.2) is 9.59 Å². The molecule has 0 saturated heterocycles. The third-order valence-corrected chi connectivity index (χ3v) is 4.98. The van der Waals surface area contributed by atoms with E-state index in [1.807, 2.05) is 6.92 Å². The van der Waals surface area contributed by atoms with Gasteiger partial charge in [-0.1, -0.05) is 38.0 Å². The van der Waals surface area contributed by atoms with Crippen molar-refractivity contribution < 1.29 is 19.1 Å². The van der Waals surface area contributed by atoms with Crippen LogP contribution < -0.4 is 0 Å². The molecule has 0 bridgehead atoms. The second-order valence-electron chi connectivity index (χ2n) is 7.53. The van der Waals surface area contributed by atoms with Gasteiger partial charge >= 0.3 is 11.9 Å². The Morgan fingerprint density at radius 1 is 1.16 bits per heavy atom. The molecule has 0 fully saturated rings. The van der Waals surface area contributed by atoms with Gasteiger partial charge in [0.1, 0.15) is 5.57 Å². The maximum atomic E-state index is 12.1. The Kier molecular flexibility index (Phi) is 8.40. The van der Waals surface area contributed by atoms with Crippen LogP contribution in [0.2, 0.25) is 0 Å². The molecule has 0 radical (unpaired) electrons. The summed E-state index contributed by atoms with van der Waals surface area (Å²) in [7, 11) is 0. The number of ether oxygens (including phenoxy) is 2. The molecule has 4 nitrogen and oxygen atoms in total. The summed E-state index contributed by atoms with van der Waals surface area (Å²) in [6.45, 7) is 12.8. The highest BCUT2D eigenvalue weighted by molar-refractivity contribution is 6.14. The van der Waals surface area contributed by atoms with Gasteiger partial charge < -0.3 is 9.47 Å². The first kappa shape index (κ1) is 21.5. The fourth-order valence-electron chi connectivity index (χ4n) is 3.60. The first-order chi connectivity index (χ1) is 11.7. The highest BCUT2D eigenvalue weighted by Gasteiger charge is 2.28.